The minimum Gasteiger partial charge on any atom is -0.481 e. The summed E-state index contributed by atoms with van der Waals surface area (Å²) in [6.45, 7) is 1.65. The molecule has 16 heavy (non-hydrogen) atoms. The number of aliphatic carboxylic acids is 1. The topological polar surface area (TPSA) is 61.1 Å². The summed E-state index contributed by atoms with van der Waals surface area (Å²) < 4.78 is 1.01. The Labute approximate surface area is 96.6 Å². The highest BCUT2D eigenvalue weighted by Crippen LogP contribution is 2.28. The van der Waals surface area contributed by atoms with Crippen molar-refractivity contribution in [3.63, 3.8) is 0 Å². The normalized spacial score (nSPS) is 12.2. The maximum absolute atomic E-state index is 10.8. The average molecular weight is 231 g/mol. The number of fused-ring (bicyclic) bond motifs is 1. The van der Waals surface area contributed by atoms with Crippen LogP contribution in [-0.4, -0.2) is 11.1 Å². The van der Waals surface area contributed by atoms with E-state index >= 15 is 0 Å². The van der Waals surface area contributed by atoms with Gasteiger partial charge in [-0.1, -0.05) is 6.07 Å². The second kappa shape index (κ2) is 3.95. The molecular formula is C12H9NO2S. The zero-order chi connectivity index (χ0) is 11.7. The third-order valence-electron chi connectivity index (χ3n) is 2.52. The molecule has 2 rings (SSSR count). The first-order chi connectivity index (χ1) is 7.61. The smallest absolute Gasteiger partial charge is 0.310 e. The predicted molar refractivity (Wildman–Crippen MR) is 62.6 cm³/mol. The minimum absolute atomic E-state index is 0.519. The lowest BCUT2D eigenvalue weighted by atomic mass is 10.0. The Hall–Kier alpha value is -1.86. The zero-order valence-corrected chi connectivity index (χ0v) is 9.41. The zero-order valence-electron chi connectivity index (χ0n) is 8.60. The number of hydrogen-bond donors (Lipinski definition) is 1. The second-order valence-electron chi connectivity index (χ2n) is 3.58. The maximum atomic E-state index is 10.8. The van der Waals surface area contributed by atoms with Crippen LogP contribution in [0.2, 0.25) is 0 Å². The maximum Gasteiger partial charge on any atom is 0.310 e. The predicted octanol–water partition coefficient (Wildman–Crippen LogP) is 2.96. The molecular weight excluding hydrogens is 222 g/mol. The van der Waals surface area contributed by atoms with Crippen LogP contribution < -0.4 is 0 Å². The molecule has 0 amide bonds. The van der Waals surface area contributed by atoms with E-state index in [1.807, 2.05) is 12.1 Å². The van der Waals surface area contributed by atoms with Gasteiger partial charge in [-0.25, -0.2) is 0 Å². The number of carboxylic acids is 1. The Morgan fingerprint density at radius 2 is 2.25 bits per heavy atom. The molecule has 0 bridgehead atoms. The summed E-state index contributed by atoms with van der Waals surface area (Å²) in [7, 11) is 0. The molecule has 0 radical (unpaired) electrons. The average Bonchev–Trinajstić information content (AvgIpc) is 2.69. The highest BCUT2D eigenvalue weighted by molar-refractivity contribution is 7.19. The fourth-order valence-corrected chi connectivity index (χ4v) is 2.37. The van der Waals surface area contributed by atoms with Crippen molar-refractivity contribution in [3.05, 3.63) is 34.7 Å². The van der Waals surface area contributed by atoms with Crippen LogP contribution in [0, 0.1) is 11.3 Å². The van der Waals surface area contributed by atoms with Crippen molar-refractivity contribution >= 4 is 27.4 Å². The summed E-state index contributed by atoms with van der Waals surface area (Å²) in [5, 5.41) is 18.6. The van der Waals surface area contributed by atoms with Crippen LogP contribution in [0.25, 0.3) is 10.1 Å². The van der Waals surface area contributed by atoms with Gasteiger partial charge in [-0.2, -0.15) is 5.26 Å². The highest BCUT2D eigenvalue weighted by Gasteiger charge is 2.14. The number of benzene rings is 1. The largest absolute Gasteiger partial charge is 0.481 e. The van der Waals surface area contributed by atoms with Gasteiger partial charge < -0.3 is 5.11 Å². The Bertz CT molecular complexity index is 595. The Morgan fingerprint density at radius 3 is 2.88 bits per heavy atom. The molecule has 0 aliphatic carbocycles. The molecule has 0 spiro atoms. The van der Waals surface area contributed by atoms with E-state index in [2.05, 4.69) is 6.07 Å². The molecule has 1 unspecified atom stereocenters. The number of nitriles is 1. The Balaban J connectivity index is 2.52. The molecule has 1 atom stereocenters. The number of thiophene rings is 1. The van der Waals surface area contributed by atoms with E-state index in [4.69, 9.17) is 10.4 Å². The van der Waals surface area contributed by atoms with Gasteiger partial charge in [-0.15, -0.1) is 11.3 Å². The van der Waals surface area contributed by atoms with E-state index in [1.165, 1.54) is 11.3 Å². The van der Waals surface area contributed by atoms with E-state index in [0.29, 0.717) is 4.88 Å². The Morgan fingerprint density at radius 1 is 1.50 bits per heavy atom. The van der Waals surface area contributed by atoms with E-state index < -0.39 is 11.9 Å². The molecule has 1 aromatic carbocycles. The fourth-order valence-electron chi connectivity index (χ4n) is 1.53. The quantitative estimate of drug-likeness (QED) is 0.864. The van der Waals surface area contributed by atoms with E-state index in [0.717, 1.165) is 15.6 Å². The summed E-state index contributed by atoms with van der Waals surface area (Å²) in [5.74, 6) is -1.36. The minimum atomic E-state index is -0.838. The third kappa shape index (κ3) is 1.77. The van der Waals surface area contributed by atoms with Gasteiger partial charge in [0.25, 0.3) is 0 Å². The summed E-state index contributed by atoms with van der Waals surface area (Å²) in [6.07, 6.45) is 0. The standard InChI is InChI=1S/C12H9NO2S/c1-7(12(14)15)8-2-3-11-9(4-8)5-10(6-13)16-11/h2-5,7H,1H3,(H,14,15). The van der Waals surface area contributed by atoms with Crippen LogP contribution in [-0.2, 0) is 4.79 Å². The number of nitrogens with zero attached hydrogens (tertiary/aromatic N) is 1. The van der Waals surface area contributed by atoms with Gasteiger partial charge in [0.15, 0.2) is 0 Å². The lowest BCUT2D eigenvalue weighted by Gasteiger charge is -2.05. The third-order valence-corrected chi connectivity index (χ3v) is 3.54. The van der Waals surface area contributed by atoms with Crippen molar-refractivity contribution in [1.29, 1.82) is 5.26 Å². The molecule has 3 nitrogen and oxygen atoms in total. The van der Waals surface area contributed by atoms with Gasteiger partial charge in [-0.05, 0) is 36.1 Å². The molecule has 80 valence electrons. The molecule has 2 aromatic rings. The summed E-state index contributed by atoms with van der Waals surface area (Å²) in [5.41, 5.74) is 0.766. The molecule has 1 N–H and O–H groups in total. The van der Waals surface area contributed by atoms with Crippen molar-refractivity contribution in [2.75, 3.05) is 0 Å². The molecule has 0 saturated heterocycles. The number of hydrogen-bond acceptors (Lipinski definition) is 3. The van der Waals surface area contributed by atoms with Crippen LogP contribution >= 0.6 is 11.3 Å². The van der Waals surface area contributed by atoms with Crippen LogP contribution in [0.15, 0.2) is 24.3 Å². The van der Waals surface area contributed by atoms with Crippen molar-refractivity contribution in [3.8, 4) is 6.07 Å². The lowest BCUT2D eigenvalue weighted by molar-refractivity contribution is -0.138. The van der Waals surface area contributed by atoms with Crippen LogP contribution in [0.3, 0.4) is 0 Å². The highest BCUT2D eigenvalue weighted by atomic mass is 32.1. The number of carbonyl (C=O) groups is 1. The van der Waals surface area contributed by atoms with Gasteiger partial charge in [0, 0.05) is 4.70 Å². The van der Waals surface area contributed by atoms with Crippen LogP contribution in [0.5, 0.6) is 0 Å². The summed E-state index contributed by atoms with van der Waals surface area (Å²) >= 11 is 1.42. The molecule has 0 aliphatic heterocycles. The SMILES string of the molecule is CC(C(=O)O)c1ccc2sc(C#N)cc2c1. The van der Waals surface area contributed by atoms with Crippen molar-refractivity contribution in [1.82, 2.24) is 0 Å². The first-order valence-corrected chi connectivity index (χ1v) is 5.60. The summed E-state index contributed by atoms with van der Waals surface area (Å²) in [6, 6.07) is 9.39. The number of carboxylic acid groups (broad SMARTS) is 1. The van der Waals surface area contributed by atoms with Crippen LogP contribution in [0.1, 0.15) is 23.3 Å². The summed E-state index contributed by atoms with van der Waals surface area (Å²) in [4.78, 5) is 11.5. The fraction of sp³-hybridized carbons (Fsp3) is 0.167. The number of rotatable bonds is 2. The first-order valence-electron chi connectivity index (χ1n) is 4.78. The molecule has 4 heteroatoms. The molecule has 0 fully saturated rings. The van der Waals surface area contributed by atoms with Gasteiger partial charge >= 0.3 is 5.97 Å². The molecule has 0 aliphatic rings. The van der Waals surface area contributed by atoms with Gasteiger partial charge in [0.1, 0.15) is 10.9 Å². The molecule has 0 saturated carbocycles. The van der Waals surface area contributed by atoms with Crippen molar-refractivity contribution in [2.45, 2.75) is 12.8 Å². The van der Waals surface area contributed by atoms with Gasteiger partial charge in [-0.3, -0.25) is 4.79 Å². The van der Waals surface area contributed by atoms with Gasteiger partial charge in [0.2, 0.25) is 0 Å². The van der Waals surface area contributed by atoms with E-state index in [9.17, 15) is 4.79 Å². The van der Waals surface area contributed by atoms with Crippen molar-refractivity contribution in [2.24, 2.45) is 0 Å². The lowest BCUT2D eigenvalue weighted by Crippen LogP contribution is -2.06. The molecule has 1 heterocycles. The monoisotopic (exact) mass is 231 g/mol. The van der Waals surface area contributed by atoms with Gasteiger partial charge in [0.05, 0.1) is 5.92 Å². The van der Waals surface area contributed by atoms with E-state index in [1.54, 1.807) is 19.1 Å². The molecule has 1 aromatic heterocycles. The van der Waals surface area contributed by atoms with E-state index in [-0.39, 0.29) is 0 Å². The Kier molecular flexibility index (Phi) is 2.63. The van der Waals surface area contributed by atoms with Crippen LogP contribution in [0.4, 0.5) is 0 Å². The second-order valence-corrected chi connectivity index (χ2v) is 4.66. The first kappa shape index (κ1) is 10.7. The van der Waals surface area contributed by atoms with Crippen molar-refractivity contribution < 1.29 is 9.90 Å².